The molecule has 2 heterocycles. The summed E-state index contributed by atoms with van der Waals surface area (Å²) in [6.07, 6.45) is 3.76. The Labute approximate surface area is 109 Å². The van der Waals surface area contributed by atoms with E-state index in [2.05, 4.69) is 6.07 Å². The van der Waals surface area contributed by atoms with E-state index in [9.17, 15) is 10.1 Å². The van der Waals surface area contributed by atoms with Gasteiger partial charge in [0.2, 0.25) is 0 Å². The summed E-state index contributed by atoms with van der Waals surface area (Å²) in [4.78, 5) is 10.8. The Hall–Kier alpha value is -1.93. The van der Waals surface area contributed by atoms with Crippen molar-refractivity contribution in [2.75, 3.05) is 0 Å². The highest BCUT2D eigenvalue weighted by molar-refractivity contribution is 7.99. The molecule has 2 aromatic heterocycles. The number of aliphatic carboxylic acids is 1. The largest absolute Gasteiger partial charge is 0.480 e. The van der Waals surface area contributed by atoms with E-state index in [1.54, 1.807) is 6.92 Å². The van der Waals surface area contributed by atoms with Crippen molar-refractivity contribution >= 4 is 23.2 Å². The first-order valence-corrected chi connectivity index (χ1v) is 6.51. The zero-order chi connectivity index (χ0) is 13.1. The lowest BCUT2D eigenvalue weighted by Crippen LogP contribution is -2.11. The van der Waals surface area contributed by atoms with Gasteiger partial charge in [-0.3, -0.25) is 4.79 Å². The molecule has 0 bridgehead atoms. The van der Waals surface area contributed by atoms with Gasteiger partial charge >= 0.3 is 5.97 Å². The number of hydrogen-bond donors (Lipinski definition) is 1. The molecule has 0 saturated carbocycles. The number of pyridine rings is 1. The Bertz CT molecular complexity index is 627. The van der Waals surface area contributed by atoms with Crippen LogP contribution in [-0.4, -0.2) is 20.7 Å². The second-order valence-corrected chi connectivity index (χ2v) is 5.25. The molecule has 4 nitrogen and oxygen atoms in total. The molecule has 1 atom stereocenters. The highest BCUT2D eigenvalue weighted by Gasteiger charge is 2.15. The summed E-state index contributed by atoms with van der Waals surface area (Å²) in [6, 6.07) is 7.85. The first-order valence-electron chi connectivity index (χ1n) is 5.46. The summed E-state index contributed by atoms with van der Waals surface area (Å²) in [7, 11) is 0. The average molecular weight is 260 g/mol. The van der Waals surface area contributed by atoms with E-state index in [1.165, 1.54) is 11.8 Å². The van der Waals surface area contributed by atoms with Gasteiger partial charge in [0.1, 0.15) is 6.07 Å². The Morgan fingerprint density at radius 3 is 3.06 bits per heavy atom. The van der Waals surface area contributed by atoms with Crippen molar-refractivity contribution in [1.82, 2.24) is 4.40 Å². The highest BCUT2D eigenvalue weighted by atomic mass is 32.2. The van der Waals surface area contributed by atoms with Gasteiger partial charge in [-0.1, -0.05) is 6.07 Å². The fourth-order valence-corrected chi connectivity index (χ4v) is 2.49. The minimum Gasteiger partial charge on any atom is -0.480 e. The van der Waals surface area contributed by atoms with Gasteiger partial charge in [-0.15, -0.1) is 11.8 Å². The Balaban J connectivity index is 2.28. The van der Waals surface area contributed by atoms with Crippen LogP contribution in [-0.2, 0) is 10.5 Å². The first-order chi connectivity index (χ1) is 8.63. The summed E-state index contributed by atoms with van der Waals surface area (Å²) < 4.78 is 1.89. The number of carboxylic acids is 1. The molecule has 0 saturated heterocycles. The summed E-state index contributed by atoms with van der Waals surface area (Å²) >= 11 is 1.32. The topological polar surface area (TPSA) is 65.5 Å². The predicted molar refractivity (Wildman–Crippen MR) is 70.5 cm³/mol. The van der Waals surface area contributed by atoms with Gasteiger partial charge in [0, 0.05) is 18.1 Å². The van der Waals surface area contributed by atoms with Crippen LogP contribution in [0, 0.1) is 11.3 Å². The lowest BCUT2D eigenvalue weighted by molar-refractivity contribution is -0.136. The van der Waals surface area contributed by atoms with Gasteiger partial charge < -0.3 is 9.51 Å². The smallest absolute Gasteiger partial charge is 0.316 e. The SMILES string of the molecule is CC(SCc1cn2ccccc2c1C#N)C(=O)O. The van der Waals surface area contributed by atoms with Gasteiger partial charge in [0.05, 0.1) is 16.3 Å². The number of hydrogen-bond acceptors (Lipinski definition) is 3. The standard InChI is InChI=1S/C13H12N2O2S/c1-9(13(16)17)18-8-10-7-15-5-3-2-4-12(15)11(10)6-14/h2-5,7,9H,8H2,1H3,(H,16,17). The van der Waals surface area contributed by atoms with Crippen molar-refractivity contribution in [3.8, 4) is 6.07 Å². The van der Waals surface area contributed by atoms with Crippen molar-refractivity contribution in [3.63, 3.8) is 0 Å². The fourth-order valence-electron chi connectivity index (χ4n) is 1.70. The minimum absolute atomic E-state index is 0.473. The molecule has 2 aromatic rings. The van der Waals surface area contributed by atoms with E-state index in [0.717, 1.165) is 11.1 Å². The number of nitrogens with zero attached hydrogens (tertiary/aromatic N) is 2. The van der Waals surface area contributed by atoms with Crippen LogP contribution in [0.25, 0.3) is 5.52 Å². The highest BCUT2D eigenvalue weighted by Crippen LogP contribution is 2.24. The molecule has 0 radical (unpaired) electrons. The summed E-state index contributed by atoms with van der Waals surface area (Å²) in [5.41, 5.74) is 2.36. The molecule has 0 amide bonds. The maximum Gasteiger partial charge on any atom is 0.316 e. The minimum atomic E-state index is -0.831. The zero-order valence-electron chi connectivity index (χ0n) is 9.83. The van der Waals surface area contributed by atoms with Crippen LogP contribution < -0.4 is 0 Å². The van der Waals surface area contributed by atoms with Crippen molar-refractivity contribution in [2.24, 2.45) is 0 Å². The molecule has 0 aromatic carbocycles. The molecule has 0 spiro atoms. The van der Waals surface area contributed by atoms with Crippen LogP contribution in [0.2, 0.25) is 0 Å². The number of carbonyl (C=O) groups is 1. The third-order valence-electron chi connectivity index (χ3n) is 2.71. The lowest BCUT2D eigenvalue weighted by Gasteiger charge is -2.04. The van der Waals surface area contributed by atoms with Gasteiger partial charge in [0.15, 0.2) is 0 Å². The summed E-state index contributed by atoms with van der Waals surface area (Å²) in [5, 5.41) is 17.6. The van der Waals surface area contributed by atoms with Crippen molar-refractivity contribution in [1.29, 1.82) is 5.26 Å². The van der Waals surface area contributed by atoms with E-state index in [0.29, 0.717) is 11.3 Å². The summed E-state index contributed by atoms with van der Waals surface area (Å²) in [6.45, 7) is 1.65. The molecule has 1 unspecified atom stereocenters. The predicted octanol–water partition coefficient (Wildman–Crippen LogP) is 2.52. The maximum absolute atomic E-state index is 10.8. The quantitative estimate of drug-likeness (QED) is 0.917. The average Bonchev–Trinajstić information content (AvgIpc) is 2.73. The van der Waals surface area contributed by atoms with Crippen LogP contribution in [0.5, 0.6) is 0 Å². The van der Waals surface area contributed by atoms with Gasteiger partial charge in [-0.25, -0.2) is 0 Å². The van der Waals surface area contributed by atoms with Gasteiger partial charge in [-0.2, -0.15) is 5.26 Å². The zero-order valence-corrected chi connectivity index (χ0v) is 10.6. The molecule has 0 aliphatic heterocycles. The second kappa shape index (κ2) is 5.15. The first kappa shape index (κ1) is 12.5. The normalized spacial score (nSPS) is 12.2. The van der Waals surface area contributed by atoms with Crippen LogP contribution in [0.3, 0.4) is 0 Å². The van der Waals surface area contributed by atoms with Gasteiger partial charge in [-0.05, 0) is 24.6 Å². The van der Waals surface area contributed by atoms with E-state index in [4.69, 9.17) is 5.11 Å². The molecule has 1 N–H and O–H groups in total. The number of fused-ring (bicyclic) bond motifs is 1. The number of thioether (sulfide) groups is 1. The monoisotopic (exact) mass is 260 g/mol. The Kier molecular flexibility index (Phi) is 3.58. The molecular formula is C13H12N2O2S. The molecule has 0 aliphatic rings. The number of nitriles is 1. The summed E-state index contributed by atoms with van der Waals surface area (Å²) in [5.74, 6) is -0.305. The molecule has 0 fully saturated rings. The molecule has 18 heavy (non-hydrogen) atoms. The second-order valence-electron chi connectivity index (χ2n) is 3.93. The number of rotatable bonds is 4. The van der Waals surface area contributed by atoms with Crippen LogP contribution in [0.1, 0.15) is 18.1 Å². The maximum atomic E-state index is 10.8. The third kappa shape index (κ3) is 2.34. The number of carboxylic acid groups (broad SMARTS) is 1. The van der Waals surface area contributed by atoms with E-state index in [-0.39, 0.29) is 0 Å². The number of aromatic nitrogens is 1. The van der Waals surface area contributed by atoms with Crippen molar-refractivity contribution < 1.29 is 9.90 Å². The van der Waals surface area contributed by atoms with E-state index in [1.807, 2.05) is 35.0 Å². The molecule has 2 rings (SSSR count). The Morgan fingerprint density at radius 1 is 1.61 bits per heavy atom. The van der Waals surface area contributed by atoms with E-state index >= 15 is 0 Å². The fraction of sp³-hybridized carbons (Fsp3) is 0.231. The van der Waals surface area contributed by atoms with Crippen LogP contribution >= 0.6 is 11.8 Å². The van der Waals surface area contributed by atoms with E-state index < -0.39 is 11.2 Å². The Morgan fingerprint density at radius 2 is 2.39 bits per heavy atom. The van der Waals surface area contributed by atoms with Crippen molar-refractivity contribution in [2.45, 2.75) is 17.9 Å². The van der Waals surface area contributed by atoms with Crippen LogP contribution in [0.4, 0.5) is 0 Å². The lowest BCUT2D eigenvalue weighted by atomic mass is 10.2. The van der Waals surface area contributed by atoms with Gasteiger partial charge in [0.25, 0.3) is 0 Å². The van der Waals surface area contributed by atoms with Crippen molar-refractivity contribution in [3.05, 3.63) is 41.7 Å². The molecule has 0 aliphatic carbocycles. The molecular weight excluding hydrogens is 248 g/mol. The molecule has 5 heteroatoms. The van der Waals surface area contributed by atoms with Crippen LogP contribution in [0.15, 0.2) is 30.6 Å². The molecule has 92 valence electrons. The third-order valence-corrected chi connectivity index (χ3v) is 3.89.